The Bertz CT molecular complexity index is 1630. The van der Waals surface area contributed by atoms with Gasteiger partial charge in [-0.15, -0.1) is 0 Å². The summed E-state index contributed by atoms with van der Waals surface area (Å²) in [5.41, 5.74) is 11.0. The fraction of sp³-hybridized carbons (Fsp3) is 0.303. The maximum absolute atomic E-state index is 13.2. The highest BCUT2D eigenvalue weighted by molar-refractivity contribution is 6.17. The van der Waals surface area contributed by atoms with Crippen molar-refractivity contribution in [2.24, 2.45) is 15.9 Å². The molecule has 11 heteroatoms. The van der Waals surface area contributed by atoms with Crippen molar-refractivity contribution in [3.63, 3.8) is 0 Å². The van der Waals surface area contributed by atoms with E-state index in [2.05, 4.69) is 26.7 Å². The zero-order chi connectivity index (χ0) is 31.3. The molecular formula is C33H34F3N7O. The molecule has 3 heterocycles. The molecule has 0 radical (unpaired) electrons. The number of nitrogens with one attached hydrogen (secondary N) is 3. The molecule has 1 aromatic heterocycles. The Morgan fingerprint density at radius 3 is 2.75 bits per heavy atom. The first kappa shape index (κ1) is 30.7. The van der Waals surface area contributed by atoms with E-state index < -0.39 is 24.0 Å². The van der Waals surface area contributed by atoms with E-state index in [1.165, 1.54) is 18.0 Å². The highest BCUT2D eigenvalue weighted by Gasteiger charge is 2.41. The molecule has 0 bridgehead atoms. The number of benzene rings is 2. The molecule has 0 aliphatic carbocycles. The monoisotopic (exact) mass is 601 g/mol. The third kappa shape index (κ3) is 7.39. The maximum atomic E-state index is 13.2. The summed E-state index contributed by atoms with van der Waals surface area (Å²) < 4.78 is 39.5. The normalized spacial score (nSPS) is 19.0. The SMILES string of the molecule is C[C@H](C1CCC=C(C(=O)Nc2cccc(CC3CCc4ccccc4C(Nc4ccc(N)c(C=N)c4)=N3)n2)C=N1)C(F)(F)F. The van der Waals surface area contributed by atoms with Crippen LogP contribution in [0.5, 0.6) is 0 Å². The number of nitrogens with two attached hydrogens (primary N) is 1. The molecule has 2 aliphatic rings. The third-order valence-corrected chi connectivity index (χ3v) is 7.92. The number of aryl methyl sites for hydroxylation is 1. The molecule has 3 atom stereocenters. The third-order valence-electron chi connectivity index (χ3n) is 7.92. The number of halogens is 3. The van der Waals surface area contributed by atoms with E-state index in [9.17, 15) is 18.0 Å². The van der Waals surface area contributed by atoms with Crippen molar-refractivity contribution in [1.29, 1.82) is 5.41 Å². The first-order valence-electron chi connectivity index (χ1n) is 14.5. The number of rotatable bonds is 7. The van der Waals surface area contributed by atoms with Crippen molar-refractivity contribution in [3.05, 3.63) is 94.7 Å². The highest BCUT2D eigenvalue weighted by atomic mass is 19.4. The molecule has 2 aliphatic heterocycles. The summed E-state index contributed by atoms with van der Waals surface area (Å²) in [6.45, 7) is 1.12. The van der Waals surface area contributed by atoms with E-state index >= 15 is 0 Å². The van der Waals surface area contributed by atoms with Crippen LogP contribution in [0.2, 0.25) is 0 Å². The number of nitrogen functional groups attached to an aromatic ring is 1. The number of nitrogens with zero attached hydrogens (tertiary/aromatic N) is 3. The number of fused-ring (bicyclic) bond motifs is 1. The molecular weight excluding hydrogens is 567 g/mol. The number of allylic oxidation sites excluding steroid dienone is 1. The van der Waals surface area contributed by atoms with Crippen LogP contribution in [0.1, 0.15) is 48.6 Å². The molecule has 228 valence electrons. The molecule has 8 nitrogen and oxygen atoms in total. The number of aromatic nitrogens is 1. The second-order valence-electron chi connectivity index (χ2n) is 11.0. The van der Waals surface area contributed by atoms with E-state index in [1.54, 1.807) is 24.3 Å². The van der Waals surface area contributed by atoms with Crippen LogP contribution in [0, 0.1) is 11.3 Å². The van der Waals surface area contributed by atoms with Crippen LogP contribution in [0.15, 0.2) is 82.3 Å². The topological polar surface area (TPSA) is 129 Å². The van der Waals surface area contributed by atoms with E-state index in [-0.39, 0.29) is 18.0 Å². The summed E-state index contributed by atoms with van der Waals surface area (Å²) in [6.07, 6.45) is 2.38. The van der Waals surface area contributed by atoms with Gasteiger partial charge in [0, 0.05) is 47.0 Å². The Balaban J connectivity index is 1.31. The molecule has 0 saturated carbocycles. The summed E-state index contributed by atoms with van der Waals surface area (Å²) >= 11 is 0. The highest BCUT2D eigenvalue weighted by Crippen LogP contribution is 2.32. The van der Waals surface area contributed by atoms with Gasteiger partial charge in [-0.1, -0.05) is 43.3 Å². The first-order chi connectivity index (χ1) is 21.1. The minimum Gasteiger partial charge on any atom is -0.398 e. The molecule has 44 heavy (non-hydrogen) atoms. The molecule has 0 fully saturated rings. The largest absolute Gasteiger partial charge is 0.398 e. The molecule has 0 saturated heterocycles. The van der Waals surface area contributed by atoms with Crippen molar-refractivity contribution in [3.8, 4) is 0 Å². The van der Waals surface area contributed by atoms with Gasteiger partial charge in [0.25, 0.3) is 5.91 Å². The van der Waals surface area contributed by atoms with Crippen LogP contribution in [0.25, 0.3) is 0 Å². The molecule has 5 rings (SSSR count). The molecule has 0 spiro atoms. The Morgan fingerprint density at radius 1 is 1.14 bits per heavy atom. The number of hydrogen-bond acceptors (Lipinski definition) is 7. The van der Waals surface area contributed by atoms with Gasteiger partial charge in [0.05, 0.1) is 23.6 Å². The van der Waals surface area contributed by atoms with Gasteiger partial charge < -0.3 is 21.8 Å². The van der Waals surface area contributed by atoms with Crippen molar-refractivity contribution >= 4 is 41.4 Å². The van der Waals surface area contributed by atoms with Crippen LogP contribution >= 0.6 is 0 Å². The lowest BCUT2D eigenvalue weighted by atomic mass is 9.98. The Labute approximate surface area is 253 Å². The fourth-order valence-electron chi connectivity index (χ4n) is 5.32. The number of amides is 1. The van der Waals surface area contributed by atoms with Crippen molar-refractivity contribution in [1.82, 2.24) is 4.98 Å². The molecule has 5 N–H and O–H groups in total. The van der Waals surface area contributed by atoms with Gasteiger partial charge in [0.2, 0.25) is 0 Å². The molecule has 2 aromatic carbocycles. The molecule has 1 amide bonds. The van der Waals surface area contributed by atoms with Crippen molar-refractivity contribution < 1.29 is 18.0 Å². The minimum atomic E-state index is -4.35. The van der Waals surface area contributed by atoms with Gasteiger partial charge >= 0.3 is 6.18 Å². The predicted molar refractivity (Wildman–Crippen MR) is 169 cm³/mol. The number of carbonyl (C=O) groups is 1. The van der Waals surface area contributed by atoms with Crippen molar-refractivity contribution in [2.75, 3.05) is 16.4 Å². The zero-order valence-corrected chi connectivity index (χ0v) is 24.2. The maximum Gasteiger partial charge on any atom is 0.393 e. The molecule has 2 unspecified atom stereocenters. The number of carbonyl (C=O) groups excluding carboxylic acids is 1. The summed E-state index contributed by atoms with van der Waals surface area (Å²) in [5, 5.41) is 13.8. The quantitative estimate of drug-likeness (QED) is 0.185. The number of hydrogen-bond donors (Lipinski definition) is 4. The minimum absolute atomic E-state index is 0.108. The summed E-state index contributed by atoms with van der Waals surface area (Å²) in [4.78, 5) is 26.8. The van der Waals surface area contributed by atoms with E-state index in [4.69, 9.17) is 16.1 Å². The lowest BCUT2D eigenvalue weighted by Gasteiger charge is -2.21. The number of anilines is 3. The average Bonchev–Trinajstić information content (AvgIpc) is 3.35. The zero-order valence-electron chi connectivity index (χ0n) is 24.2. The van der Waals surface area contributed by atoms with Gasteiger partial charge in [0.1, 0.15) is 11.7 Å². The summed E-state index contributed by atoms with van der Waals surface area (Å²) in [6, 6.07) is 17.8. The lowest BCUT2D eigenvalue weighted by Crippen LogP contribution is -2.30. The van der Waals surface area contributed by atoms with Gasteiger partial charge in [-0.05, 0) is 61.6 Å². The first-order valence-corrected chi connectivity index (χ1v) is 14.5. The van der Waals surface area contributed by atoms with Gasteiger partial charge in [-0.2, -0.15) is 13.2 Å². The van der Waals surface area contributed by atoms with Gasteiger partial charge in [0.15, 0.2) is 0 Å². The summed E-state index contributed by atoms with van der Waals surface area (Å²) in [5.74, 6) is -1.01. The van der Waals surface area contributed by atoms with Crippen LogP contribution in [-0.4, -0.2) is 47.4 Å². The number of amidine groups is 1. The summed E-state index contributed by atoms with van der Waals surface area (Å²) in [7, 11) is 0. The number of aliphatic imine (C=N–C) groups is 2. The Kier molecular flexibility index (Phi) is 9.22. The average molecular weight is 602 g/mol. The second kappa shape index (κ2) is 13.2. The van der Waals surface area contributed by atoms with Crippen LogP contribution in [0.4, 0.5) is 30.4 Å². The Morgan fingerprint density at radius 2 is 1.95 bits per heavy atom. The van der Waals surface area contributed by atoms with Crippen LogP contribution < -0.4 is 16.4 Å². The van der Waals surface area contributed by atoms with Crippen LogP contribution in [-0.2, 0) is 17.6 Å². The standard InChI is InChI=1S/C33H34F3N7O/c1-20(33(34,35)36)29-10-4-7-22(19-39-29)32(44)43-30-11-5-8-24(40-30)17-26-13-12-21-6-2-3-9-27(21)31(42-26)41-25-14-15-28(38)23(16-25)18-37/h2-3,5-9,11,14-16,18-20,26,29,37H,4,10,12-13,17,38H2,1H3,(H,41,42)(H,40,43,44)/t20-,26?,29?/m1/s1. The number of alkyl halides is 3. The Hall–Kier alpha value is -4.80. The van der Waals surface area contributed by atoms with Gasteiger partial charge in [-0.25, -0.2) is 4.98 Å². The van der Waals surface area contributed by atoms with E-state index in [0.717, 1.165) is 36.7 Å². The fourth-order valence-corrected chi connectivity index (χ4v) is 5.32. The molecule has 3 aromatic rings. The van der Waals surface area contributed by atoms with Gasteiger partial charge in [-0.3, -0.25) is 14.8 Å². The predicted octanol–water partition coefficient (Wildman–Crippen LogP) is 6.37. The van der Waals surface area contributed by atoms with E-state index in [0.29, 0.717) is 35.7 Å². The van der Waals surface area contributed by atoms with Crippen molar-refractivity contribution in [2.45, 2.75) is 57.3 Å². The lowest BCUT2D eigenvalue weighted by molar-refractivity contribution is -0.174. The van der Waals surface area contributed by atoms with E-state index in [1.807, 2.05) is 36.4 Å². The second-order valence-corrected chi connectivity index (χ2v) is 11.0. The smallest absolute Gasteiger partial charge is 0.393 e. The number of pyridine rings is 1. The van der Waals surface area contributed by atoms with Crippen LogP contribution in [0.3, 0.4) is 0 Å².